The van der Waals surface area contributed by atoms with E-state index in [1.807, 2.05) is 18.2 Å². The van der Waals surface area contributed by atoms with Gasteiger partial charge in [-0.05, 0) is 25.0 Å². The Morgan fingerprint density at radius 1 is 1.25 bits per heavy atom. The fourth-order valence-electron chi connectivity index (χ4n) is 2.63. The Balaban J connectivity index is 1.61. The van der Waals surface area contributed by atoms with Crippen LogP contribution in [0.15, 0.2) is 29.6 Å². The topological polar surface area (TPSA) is 38.9 Å². The third kappa shape index (κ3) is 3.55. The molecule has 0 bridgehead atoms. The Kier molecular flexibility index (Phi) is 4.63. The molecule has 1 aromatic carbocycles. The van der Waals surface area contributed by atoms with Gasteiger partial charge in [0.05, 0.1) is 5.69 Å². The summed E-state index contributed by atoms with van der Waals surface area (Å²) < 4.78 is 0. The second kappa shape index (κ2) is 6.64. The molecule has 1 fully saturated rings. The van der Waals surface area contributed by atoms with Crippen LogP contribution in [-0.4, -0.2) is 10.2 Å². The normalized spacial score (nSPS) is 16.4. The van der Waals surface area contributed by atoms with Gasteiger partial charge in [0.2, 0.25) is 0 Å². The number of hydrogen-bond acceptors (Lipinski definition) is 4. The highest BCUT2D eigenvalue weighted by Crippen LogP contribution is 2.32. The molecule has 3 rings (SSSR count). The van der Waals surface area contributed by atoms with E-state index in [0.717, 1.165) is 27.9 Å². The lowest BCUT2D eigenvalue weighted by Crippen LogP contribution is -2.08. The standard InChI is InChI=1S/C16H20N2S2/c17-13-6-4-5-12(9-13)15-10-20-16(18-15)11-19-14-7-2-1-3-8-14/h4-6,9-10,14H,1-3,7-8,11,17H2. The third-order valence-corrected chi connectivity index (χ3v) is 6.14. The molecule has 1 aromatic heterocycles. The van der Waals surface area contributed by atoms with E-state index in [2.05, 4.69) is 23.2 Å². The minimum Gasteiger partial charge on any atom is -0.399 e. The minimum atomic E-state index is 0.800. The molecule has 1 aliphatic rings. The van der Waals surface area contributed by atoms with E-state index in [1.165, 1.54) is 37.1 Å². The van der Waals surface area contributed by atoms with Crippen molar-refractivity contribution < 1.29 is 0 Å². The van der Waals surface area contributed by atoms with E-state index in [9.17, 15) is 0 Å². The first-order chi connectivity index (χ1) is 9.81. The number of rotatable bonds is 4. The van der Waals surface area contributed by atoms with Gasteiger partial charge >= 0.3 is 0 Å². The summed E-state index contributed by atoms with van der Waals surface area (Å²) in [6, 6.07) is 7.97. The highest BCUT2D eigenvalue weighted by molar-refractivity contribution is 7.99. The molecule has 2 aromatic rings. The smallest absolute Gasteiger partial charge is 0.103 e. The number of thiazole rings is 1. The van der Waals surface area contributed by atoms with Gasteiger partial charge < -0.3 is 5.73 Å². The van der Waals surface area contributed by atoms with Crippen molar-refractivity contribution in [3.05, 3.63) is 34.7 Å². The van der Waals surface area contributed by atoms with Crippen molar-refractivity contribution in [1.82, 2.24) is 4.98 Å². The van der Waals surface area contributed by atoms with E-state index in [4.69, 9.17) is 10.7 Å². The van der Waals surface area contributed by atoms with Crippen LogP contribution in [0.3, 0.4) is 0 Å². The van der Waals surface area contributed by atoms with Crippen LogP contribution >= 0.6 is 23.1 Å². The molecule has 1 heterocycles. The van der Waals surface area contributed by atoms with Gasteiger partial charge in [0.15, 0.2) is 0 Å². The summed E-state index contributed by atoms with van der Waals surface area (Å²) in [5.41, 5.74) is 8.81. The molecular weight excluding hydrogens is 284 g/mol. The number of nitrogens with zero attached hydrogens (tertiary/aromatic N) is 1. The molecule has 2 N–H and O–H groups in total. The lowest BCUT2D eigenvalue weighted by molar-refractivity contribution is 0.516. The van der Waals surface area contributed by atoms with Crippen LogP contribution in [0.5, 0.6) is 0 Å². The number of anilines is 1. The van der Waals surface area contributed by atoms with Crippen LogP contribution in [0.2, 0.25) is 0 Å². The Bertz CT molecular complexity index is 559. The van der Waals surface area contributed by atoms with E-state index < -0.39 is 0 Å². The van der Waals surface area contributed by atoms with Gasteiger partial charge in [-0.15, -0.1) is 11.3 Å². The maximum absolute atomic E-state index is 5.83. The summed E-state index contributed by atoms with van der Waals surface area (Å²) in [6.45, 7) is 0. The molecule has 0 aliphatic heterocycles. The zero-order valence-electron chi connectivity index (χ0n) is 11.5. The maximum atomic E-state index is 5.83. The number of nitrogens with two attached hydrogens (primary N) is 1. The van der Waals surface area contributed by atoms with Gasteiger partial charge in [-0.2, -0.15) is 11.8 Å². The van der Waals surface area contributed by atoms with Crippen LogP contribution in [0.4, 0.5) is 5.69 Å². The number of benzene rings is 1. The number of nitrogen functional groups attached to an aromatic ring is 1. The Morgan fingerprint density at radius 3 is 2.90 bits per heavy atom. The third-order valence-electron chi connectivity index (χ3n) is 3.73. The monoisotopic (exact) mass is 304 g/mol. The van der Waals surface area contributed by atoms with Gasteiger partial charge in [-0.25, -0.2) is 4.98 Å². The molecule has 2 nitrogen and oxygen atoms in total. The van der Waals surface area contributed by atoms with Crippen LogP contribution in [-0.2, 0) is 5.75 Å². The van der Waals surface area contributed by atoms with Crippen molar-refractivity contribution in [2.75, 3.05) is 5.73 Å². The quantitative estimate of drug-likeness (QED) is 0.812. The predicted molar refractivity (Wildman–Crippen MR) is 90.1 cm³/mol. The molecule has 0 radical (unpaired) electrons. The predicted octanol–water partition coefficient (Wildman–Crippen LogP) is 4.96. The lowest BCUT2D eigenvalue weighted by Gasteiger charge is -2.20. The molecule has 0 spiro atoms. The fraction of sp³-hybridized carbons (Fsp3) is 0.438. The summed E-state index contributed by atoms with van der Waals surface area (Å²) in [5.74, 6) is 1.05. The zero-order chi connectivity index (χ0) is 13.8. The zero-order valence-corrected chi connectivity index (χ0v) is 13.2. The highest BCUT2D eigenvalue weighted by atomic mass is 32.2. The molecule has 1 aliphatic carbocycles. The fourth-order valence-corrected chi connectivity index (χ4v) is 4.80. The SMILES string of the molecule is Nc1cccc(-c2csc(CSC3CCCCC3)n2)c1. The molecule has 4 heteroatoms. The van der Waals surface area contributed by atoms with Crippen molar-refractivity contribution in [2.24, 2.45) is 0 Å². The first-order valence-electron chi connectivity index (χ1n) is 7.23. The Labute approximate surface area is 128 Å². The van der Waals surface area contributed by atoms with Crippen molar-refractivity contribution in [1.29, 1.82) is 0 Å². The molecular formula is C16H20N2S2. The molecule has 1 saturated carbocycles. The van der Waals surface area contributed by atoms with Gasteiger partial charge in [0, 0.05) is 27.6 Å². The van der Waals surface area contributed by atoms with Crippen molar-refractivity contribution in [2.45, 2.75) is 43.1 Å². The highest BCUT2D eigenvalue weighted by Gasteiger charge is 2.14. The van der Waals surface area contributed by atoms with Gasteiger partial charge in [-0.1, -0.05) is 31.4 Å². The molecule has 0 amide bonds. The second-order valence-corrected chi connectivity index (χ2v) is 7.55. The van der Waals surface area contributed by atoms with Crippen LogP contribution in [0, 0.1) is 0 Å². The summed E-state index contributed by atoms with van der Waals surface area (Å²) in [7, 11) is 0. The van der Waals surface area contributed by atoms with E-state index >= 15 is 0 Å². The number of hydrogen-bond donors (Lipinski definition) is 1. The first-order valence-corrected chi connectivity index (χ1v) is 9.16. The van der Waals surface area contributed by atoms with Crippen LogP contribution in [0.25, 0.3) is 11.3 Å². The van der Waals surface area contributed by atoms with Crippen molar-refractivity contribution in [3.8, 4) is 11.3 Å². The first kappa shape index (κ1) is 14.0. The van der Waals surface area contributed by atoms with Crippen LogP contribution < -0.4 is 5.73 Å². The minimum absolute atomic E-state index is 0.800. The summed E-state index contributed by atoms with van der Waals surface area (Å²) in [4.78, 5) is 4.75. The molecule has 0 saturated heterocycles. The average molecular weight is 304 g/mol. The summed E-state index contributed by atoms with van der Waals surface area (Å²) >= 11 is 3.85. The van der Waals surface area contributed by atoms with Crippen LogP contribution in [0.1, 0.15) is 37.1 Å². The molecule has 0 atom stereocenters. The van der Waals surface area contributed by atoms with Gasteiger partial charge in [-0.3, -0.25) is 0 Å². The average Bonchev–Trinajstić information content (AvgIpc) is 2.95. The van der Waals surface area contributed by atoms with Crippen molar-refractivity contribution >= 4 is 28.8 Å². The van der Waals surface area contributed by atoms with Gasteiger partial charge in [0.1, 0.15) is 5.01 Å². The van der Waals surface area contributed by atoms with E-state index in [1.54, 1.807) is 11.3 Å². The second-order valence-electron chi connectivity index (χ2n) is 5.32. The van der Waals surface area contributed by atoms with E-state index in [0.29, 0.717) is 0 Å². The number of aromatic nitrogens is 1. The Morgan fingerprint density at radius 2 is 2.10 bits per heavy atom. The molecule has 0 unspecified atom stereocenters. The van der Waals surface area contributed by atoms with Gasteiger partial charge in [0.25, 0.3) is 0 Å². The summed E-state index contributed by atoms with van der Waals surface area (Å²) in [5, 5.41) is 4.23. The lowest BCUT2D eigenvalue weighted by atomic mass is 10.0. The Hall–Kier alpha value is -1.00. The molecule has 20 heavy (non-hydrogen) atoms. The number of thioether (sulfide) groups is 1. The largest absolute Gasteiger partial charge is 0.399 e. The molecule has 106 valence electrons. The van der Waals surface area contributed by atoms with E-state index in [-0.39, 0.29) is 0 Å². The van der Waals surface area contributed by atoms with Crippen molar-refractivity contribution in [3.63, 3.8) is 0 Å². The maximum Gasteiger partial charge on any atom is 0.103 e. The summed E-state index contributed by atoms with van der Waals surface area (Å²) in [6.07, 6.45) is 7.01.